The van der Waals surface area contributed by atoms with Crippen LogP contribution in [0.25, 0.3) is 10.2 Å². The molecule has 2 heterocycles. The minimum atomic E-state index is -0.263. The molecule has 9 heteroatoms. The van der Waals surface area contributed by atoms with Crippen molar-refractivity contribution in [3.8, 4) is 0 Å². The van der Waals surface area contributed by atoms with E-state index in [1.165, 1.54) is 17.9 Å². The van der Waals surface area contributed by atoms with Crippen molar-refractivity contribution in [2.45, 2.75) is 20.4 Å². The lowest BCUT2D eigenvalue weighted by atomic mass is 10.3. The summed E-state index contributed by atoms with van der Waals surface area (Å²) in [5.41, 5.74) is 1.53. The average molecular weight is 330 g/mol. The molecule has 23 heavy (non-hydrogen) atoms. The van der Waals surface area contributed by atoms with E-state index in [1.54, 1.807) is 11.3 Å². The quantitative estimate of drug-likeness (QED) is 0.759. The molecule has 0 radical (unpaired) electrons. The summed E-state index contributed by atoms with van der Waals surface area (Å²) in [6.07, 6.45) is 1.39. The Morgan fingerprint density at radius 2 is 2.13 bits per heavy atom. The molecule has 118 valence electrons. The Balaban J connectivity index is 1.65. The van der Waals surface area contributed by atoms with Crippen molar-refractivity contribution < 1.29 is 9.59 Å². The SMILES string of the molecule is CC(=O)Nc1cnn(CC(=O)Nc2ccc3sc(C)nc3c2)n1. The van der Waals surface area contributed by atoms with Crippen LogP contribution in [0.5, 0.6) is 0 Å². The molecule has 2 amide bonds. The van der Waals surface area contributed by atoms with Gasteiger partial charge in [0.2, 0.25) is 11.8 Å². The first-order valence-electron chi connectivity index (χ1n) is 6.84. The Hall–Kier alpha value is -2.81. The Morgan fingerprint density at radius 1 is 1.30 bits per heavy atom. The number of nitrogens with zero attached hydrogens (tertiary/aromatic N) is 4. The van der Waals surface area contributed by atoms with Gasteiger partial charge in [0.25, 0.3) is 0 Å². The number of hydrogen-bond acceptors (Lipinski definition) is 6. The molecular formula is C14H14N6O2S. The summed E-state index contributed by atoms with van der Waals surface area (Å²) in [7, 11) is 0. The van der Waals surface area contributed by atoms with Crippen LogP contribution in [0.1, 0.15) is 11.9 Å². The predicted molar refractivity (Wildman–Crippen MR) is 87.3 cm³/mol. The molecule has 8 nitrogen and oxygen atoms in total. The van der Waals surface area contributed by atoms with Crippen LogP contribution in [0.2, 0.25) is 0 Å². The zero-order valence-electron chi connectivity index (χ0n) is 12.5. The number of nitrogens with one attached hydrogen (secondary N) is 2. The van der Waals surface area contributed by atoms with Crippen LogP contribution in [-0.4, -0.2) is 31.8 Å². The second kappa shape index (κ2) is 6.13. The van der Waals surface area contributed by atoms with E-state index >= 15 is 0 Å². The standard InChI is InChI=1S/C14H14N6O2S/c1-8(21)16-13-6-15-20(19-13)7-14(22)18-10-3-4-12-11(5-10)17-9(2)23-12/h3-6H,7H2,1-2H3,(H,18,22)(H,16,19,21). The lowest BCUT2D eigenvalue weighted by Gasteiger charge is -2.04. The smallest absolute Gasteiger partial charge is 0.247 e. The Labute approximate surface area is 135 Å². The van der Waals surface area contributed by atoms with Gasteiger partial charge >= 0.3 is 0 Å². The summed E-state index contributed by atoms with van der Waals surface area (Å²) >= 11 is 1.61. The molecule has 0 fully saturated rings. The number of thiazole rings is 1. The van der Waals surface area contributed by atoms with Gasteiger partial charge in [-0.3, -0.25) is 9.59 Å². The number of aromatic nitrogens is 4. The largest absolute Gasteiger partial charge is 0.324 e. The Morgan fingerprint density at radius 3 is 2.91 bits per heavy atom. The topological polar surface area (TPSA) is 102 Å². The molecule has 1 aromatic carbocycles. The molecule has 0 saturated heterocycles. The first-order valence-corrected chi connectivity index (χ1v) is 7.66. The molecular weight excluding hydrogens is 316 g/mol. The highest BCUT2D eigenvalue weighted by Crippen LogP contribution is 2.24. The van der Waals surface area contributed by atoms with Crippen LogP contribution >= 0.6 is 11.3 Å². The molecule has 0 aliphatic rings. The third-order valence-electron chi connectivity index (χ3n) is 2.90. The number of amides is 2. The number of benzene rings is 1. The number of carbonyl (C=O) groups is 2. The number of hydrogen-bond donors (Lipinski definition) is 2. The van der Waals surface area contributed by atoms with E-state index in [4.69, 9.17) is 0 Å². The van der Waals surface area contributed by atoms with E-state index in [0.29, 0.717) is 11.5 Å². The monoisotopic (exact) mass is 330 g/mol. The highest BCUT2D eigenvalue weighted by atomic mass is 32.1. The zero-order valence-corrected chi connectivity index (χ0v) is 13.3. The van der Waals surface area contributed by atoms with Crippen LogP contribution in [-0.2, 0) is 16.1 Å². The number of anilines is 2. The molecule has 2 N–H and O–H groups in total. The van der Waals surface area contributed by atoms with E-state index < -0.39 is 0 Å². The zero-order chi connectivity index (χ0) is 16.4. The first-order chi connectivity index (χ1) is 11.0. The van der Waals surface area contributed by atoms with Crippen molar-refractivity contribution in [1.29, 1.82) is 0 Å². The minimum Gasteiger partial charge on any atom is -0.324 e. The maximum atomic E-state index is 12.0. The van der Waals surface area contributed by atoms with E-state index in [2.05, 4.69) is 25.8 Å². The van der Waals surface area contributed by atoms with Crippen molar-refractivity contribution in [2.24, 2.45) is 0 Å². The van der Waals surface area contributed by atoms with Gasteiger partial charge in [-0.25, -0.2) is 4.98 Å². The summed E-state index contributed by atoms with van der Waals surface area (Å²) in [6.45, 7) is 3.27. The van der Waals surface area contributed by atoms with Gasteiger partial charge in [-0.15, -0.1) is 16.4 Å². The lowest BCUT2D eigenvalue weighted by molar-refractivity contribution is -0.117. The van der Waals surface area contributed by atoms with Crippen molar-refractivity contribution in [3.05, 3.63) is 29.4 Å². The van der Waals surface area contributed by atoms with Gasteiger partial charge in [-0.1, -0.05) is 0 Å². The van der Waals surface area contributed by atoms with Gasteiger partial charge in [0.05, 0.1) is 21.4 Å². The van der Waals surface area contributed by atoms with Crippen LogP contribution in [0.3, 0.4) is 0 Å². The fourth-order valence-electron chi connectivity index (χ4n) is 2.06. The van der Waals surface area contributed by atoms with Gasteiger partial charge < -0.3 is 10.6 Å². The van der Waals surface area contributed by atoms with E-state index in [-0.39, 0.29) is 18.4 Å². The number of aryl methyl sites for hydroxylation is 1. The predicted octanol–water partition coefficient (Wildman–Crippen LogP) is 1.79. The highest BCUT2D eigenvalue weighted by molar-refractivity contribution is 7.18. The van der Waals surface area contributed by atoms with E-state index in [9.17, 15) is 9.59 Å². The summed E-state index contributed by atoms with van der Waals surface area (Å²) in [5.74, 6) is -0.195. The maximum Gasteiger partial charge on any atom is 0.247 e. The van der Waals surface area contributed by atoms with Gasteiger partial charge in [0.15, 0.2) is 5.82 Å². The van der Waals surface area contributed by atoms with Crippen molar-refractivity contribution >= 4 is 44.9 Å². The fraction of sp³-hybridized carbons (Fsp3) is 0.214. The second-order valence-corrected chi connectivity index (χ2v) is 6.14. The summed E-state index contributed by atoms with van der Waals surface area (Å²) < 4.78 is 1.08. The molecule has 0 aliphatic heterocycles. The average Bonchev–Trinajstić information content (AvgIpc) is 3.03. The number of rotatable bonds is 4. The third-order valence-corrected chi connectivity index (χ3v) is 3.86. The van der Waals surface area contributed by atoms with Gasteiger partial charge in [-0.05, 0) is 25.1 Å². The fourth-order valence-corrected chi connectivity index (χ4v) is 2.87. The maximum absolute atomic E-state index is 12.0. The van der Waals surface area contributed by atoms with Crippen LogP contribution in [0, 0.1) is 6.92 Å². The molecule has 3 aromatic rings. The van der Waals surface area contributed by atoms with Crippen LogP contribution in [0.4, 0.5) is 11.5 Å². The minimum absolute atomic E-state index is 0.0479. The van der Waals surface area contributed by atoms with Gasteiger partial charge in [-0.2, -0.15) is 9.90 Å². The van der Waals surface area contributed by atoms with Crippen LogP contribution < -0.4 is 10.6 Å². The summed E-state index contributed by atoms with van der Waals surface area (Å²) in [5, 5.41) is 14.2. The summed E-state index contributed by atoms with van der Waals surface area (Å²) in [6, 6.07) is 5.59. The van der Waals surface area contributed by atoms with Gasteiger partial charge in [0, 0.05) is 12.6 Å². The first kappa shape index (κ1) is 15.1. The molecule has 0 saturated carbocycles. The molecule has 2 aromatic heterocycles. The third kappa shape index (κ3) is 3.69. The molecule has 0 unspecified atom stereocenters. The van der Waals surface area contributed by atoms with Crippen LogP contribution in [0.15, 0.2) is 24.4 Å². The Bertz CT molecular complexity index is 884. The lowest BCUT2D eigenvalue weighted by Crippen LogP contribution is -2.20. The Kier molecular flexibility index (Phi) is 4.02. The van der Waals surface area contributed by atoms with Crippen molar-refractivity contribution in [1.82, 2.24) is 20.0 Å². The molecule has 0 aliphatic carbocycles. The second-order valence-electron chi connectivity index (χ2n) is 4.90. The highest BCUT2D eigenvalue weighted by Gasteiger charge is 2.09. The molecule has 3 rings (SSSR count). The van der Waals surface area contributed by atoms with Crippen molar-refractivity contribution in [2.75, 3.05) is 10.6 Å². The van der Waals surface area contributed by atoms with Crippen molar-refractivity contribution in [3.63, 3.8) is 0 Å². The number of fused-ring (bicyclic) bond motifs is 1. The summed E-state index contributed by atoms with van der Waals surface area (Å²) in [4.78, 5) is 28.6. The van der Waals surface area contributed by atoms with Gasteiger partial charge in [0.1, 0.15) is 6.54 Å². The van der Waals surface area contributed by atoms with E-state index in [0.717, 1.165) is 15.2 Å². The molecule has 0 atom stereocenters. The van der Waals surface area contributed by atoms with E-state index in [1.807, 2.05) is 25.1 Å². The molecule has 0 bridgehead atoms. The molecule has 0 spiro atoms. The number of carbonyl (C=O) groups excluding carboxylic acids is 2. The normalized spacial score (nSPS) is 10.7.